The van der Waals surface area contributed by atoms with Crippen LogP contribution in [0.2, 0.25) is 0 Å². The van der Waals surface area contributed by atoms with Gasteiger partial charge in [0.2, 0.25) is 0 Å². The third kappa shape index (κ3) is 55.2. The molecule has 0 N–H and O–H groups in total. The van der Waals surface area contributed by atoms with E-state index in [1.54, 1.807) is 0 Å². The van der Waals surface area contributed by atoms with Crippen LogP contribution >= 0.6 is 0 Å². The van der Waals surface area contributed by atoms with E-state index in [-0.39, 0.29) is 31.1 Å². The van der Waals surface area contributed by atoms with Gasteiger partial charge < -0.3 is 14.2 Å². The second-order valence-electron chi connectivity index (χ2n) is 22.4. The van der Waals surface area contributed by atoms with Gasteiger partial charge in [0.25, 0.3) is 0 Å². The van der Waals surface area contributed by atoms with Crippen molar-refractivity contribution in [2.45, 2.75) is 343 Å². The lowest BCUT2D eigenvalue weighted by Gasteiger charge is -2.18. The predicted molar refractivity (Wildman–Crippen MR) is 289 cm³/mol. The molecule has 0 bridgehead atoms. The number of rotatable bonds is 54. The number of carbonyl (C=O) groups is 3. The summed E-state index contributed by atoms with van der Waals surface area (Å²) in [5.41, 5.74) is 0. The number of ether oxygens (including phenoxy) is 3. The van der Waals surface area contributed by atoms with Gasteiger partial charge in [-0.3, -0.25) is 14.4 Å². The fourth-order valence-electron chi connectivity index (χ4n) is 9.35. The number of unbranched alkanes of at least 4 members (excludes halogenated alkanes) is 37. The topological polar surface area (TPSA) is 78.9 Å². The average molecular weight is 948 g/mol. The van der Waals surface area contributed by atoms with Gasteiger partial charge in [0.15, 0.2) is 6.10 Å². The van der Waals surface area contributed by atoms with E-state index < -0.39 is 6.10 Å². The second-order valence-corrected chi connectivity index (χ2v) is 22.4. The minimum absolute atomic E-state index is 0.0631. The van der Waals surface area contributed by atoms with Crippen molar-refractivity contribution in [1.82, 2.24) is 0 Å². The van der Waals surface area contributed by atoms with Crippen LogP contribution in [0.15, 0.2) is 0 Å². The molecule has 6 nitrogen and oxygen atoms in total. The monoisotopic (exact) mass is 947 g/mol. The molecule has 0 aromatic rings. The zero-order valence-corrected chi connectivity index (χ0v) is 46.2. The number of carbonyl (C=O) groups excluding carboxylic acids is 3. The lowest BCUT2D eigenvalue weighted by atomic mass is 10.0. The first kappa shape index (κ1) is 65.4. The van der Waals surface area contributed by atoms with E-state index in [0.29, 0.717) is 19.3 Å². The van der Waals surface area contributed by atoms with E-state index in [0.717, 1.165) is 75.5 Å². The molecule has 1 atom stereocenters. The molecule has 0 rings (SSSR count). The molecule has 0 unspecified atom stereocenters. The quantitative estimate of drug-likeness (QED) is 0.0343. The fourth-order valence-corrected chi connectivity index (χ4v) is 9.35. The largest absolute Gasteiger partial charge is 0.462 e. The molecular formula is C61H118O6. The summed E-state index contributed by atoms with van der Waals surface area (Å²) in [4.78, 5) is 38.2. The van der Waals surface area contributed by atoms with Crippen LogP contribution in [-0.4, -0.2) is 37.2 Å². The minimum atomic E-state index is -0.764. The fraction of sp³-hybridized carbons (Fsp3) is 0.951. The van der Waals surface area contributed by atoms with Gasteiger partial charge in [-0.25, -0.2) is 0 Å². The third-order valence-electron chi connectivity index (χ3n) is 13.9. The highest BCUT2D eigenvalue weighted by Gasteiger charge is 2.19. The predicted octanol–water partition coefficient (Wildman–Crippen LogP) is 19.9. The van der Waals surface area contributed by atoms with Crippen LogP contribution in [-0.2, 0) is 28.6 Å². The van der Waals surface area contributed by atoms with Crippen LogP contribution in [0.1, 0.15) is 337 Å². The summed E-state index contributed by atoms with van der Waals surface area (Å²) in [5.74, 6) is 1.68. The number of hydrogen-bond donors (Lipinski definition) is 0. The van der Waals surface area contributed by atoms with Gasteiger partial charge in [0, 0.05) is 19.3 Å². The molecule has 0 saturated carbocycles. The van der Waals surface area contributed by atoms with Crippen molar-refractivity contribution < 1.29 is 28.6 Å². The van der Waals surface area contributed by atoms with Crippen molar-refractivity contribution in [2.75, 3.05) is 13.2 Å². The molecule has 0 amide bonds. The van der Waals surface area contributed by atoms with Gasteiger partial charge in [0.05, 0.1) is 0 Å². The summed E-state index contributed by atoms with van der Waals surface area (Å²) in [6.45, 7) is 13.8. The van der Waals surface area contributed by atoms with Crippen LogP contribution in [0.25, 0.3) is 0 Å². The Labute approximate surface area is 418 Å². The molecule has 0 fully saturated rings. The van der Waals surface area contributed by atoms with Crippen molar-refractivity contribution in [3.05, 3.63) is 0 Å². The van der Waals surface area contributed by atoms with Crippen molar-refractivity contribution >= 4 is 17.9 Å². The van der Waals surface area contributed by atoms with Gasteiger partial charge in [0.1, 0.15) is 13.2 Å². The SMILES string of the molecule is CC(C)CCCCCCCCCCCCCCCCCCC(=O)OC[C@H](COC(=O)CCCCCCCCCCCCCCC(C)C)OC(=O)CCCCCCCCCCCCCCC(C)C. The third-order valence-corrected chi connectivity index (χ3v) is 13.9. The molecule has 0 aromatic carbocycles. The summed E-state index contributed by atoms with van der Waals surface area (Å²) < 4.78 is 16.9. The molecule has 398 valence electrons. The van der Waals surface area contributed by atoms with Gasteiger partial charge in [-0.15, -0.1) is 0 Å². The van der Waals surface area contributed by atoms with Crippen molar-refractivity contribution in [2.24, 2.45) is 17.8 Å². The molecule has 0 aliphatic carbocycles. The summed E-state index contributed by atoms with van der Waals surface area (Å²) in [5, 5.41) is 0. The average Bonchev–Trinajstić information content (AvgIpc) is 3.29. The Morgan fingerprint density at radius 3 is 0.642 bits per heavy atom. The van der Waals surface area contributed by atoms with Gasteiger partial charge >= 0.3 is 17.9 Å². The molecule has 0 aromatic heterocycles. The molecular weight excluding hydrogens is 829 g/mol. The first-order valence-corrected chi connectivity index (χ1v) is 30.1. The summed E-state index contributed by atoms with van der Waals surface area (Å²) >= 11 is 0. The van der Waals surface area contributed by atoms with Gasteiger partial charge in [-0.1, -0.05) is 298 Å². The van der Waals surface area contributed by atoms with Gasteiger partial charge in [-0.05, 0) is 37.0 Å². The molecule has 6 heteroatoms. The van der Waals surface area contributed by atoms with E-state index in [1.165, 1.54) is 218 Å². The molecule has 67 heavy (non-hydrogen) atoms. The Hall–Kier alpha value is -1.59. The molecule has 0 radical (unpaired) electrons. The minimum Gasteiger partial charge on any atom is -0.462 e. The highest BCUT2D eigenvalue weighted by Crippen LogP contribution is 2.19. The van der Waals surface area contributed by atoms with Crippen molar-refractivity contribution in [3.63, 3.8) is 0 Å². The molecule has 0 aliphatic heterocycles. The van der Waals surface area contributed by atoms with Crippen LogP contribution in [0.5, 0.6) is 0 Å². The molecule has 0 aliphatic rings. The van der Waals surface area contributed by atoms with E-state index in [1.807, 2.05) is 0 Å². The smallest absolute Gasteiger partial charge is 0.306 e. The van der Waals surface area contributed by atoms with Crippen LogP contribution in [0.4, 0.5) is 0 Å². The van der Waals surface area contributed by atoms with Crippen molar-refractivity contribution in [1.29, 1.82) is 0 Å². The zero-order valence-electron chi connectivity index (χ0n) is 46.2. The normalized spacial score (nSPS) is 12.1. The van der Waals surface area contributed by atoms with E-state index in [9.17, 15) is 14.4 Å². The maximum absolute atomic E-state index is 12.9. The molecule has 0 saturated heterocycles. The zero-order chi connectivity index (χ0) is 49.1. The van der Waals surface area contributed by atoms with Crippen molar-refractivity contribution in [3.8, 4) is 0 Å². The highest BCUT2D eigenvalue weighted by atomic mass is 16.6. The van der Waals surface area contributed by atoms with E-state index in [2.05, 4.69) is 41.5 Å². The lowest BCUT2D eigenvalue weighted by Crippen LogP contribution is -2.30. The first-order valence-electron chi connectivity index (χ1n) is 30.1. The summed E-state index contributed by atoms with van der Waals surface area (Å²) in [7, 11) is 0. The van der Waals surface area contributed by atoms with Crippen LogP contribution in [0, 0.1) is 17.8 Å². The molecule has 0 heterocycles. The Balaban J connectivity index is 4.29. The van der Waals surface area contributed by atoms with Gasteiger partial charge in [-0.2, -0.15) is 0 Å². The summed E-state index contributed by atoms with van der Waals surface area (Å²) in [6.07, 6.45) is 55.2. The standard InChI is InChI=1S/C61H118O6/c1-55(2)47-41-35-29-23-17-11-9-7-8-10-12-20-26-32-38-44-50-59(62)65-53-58(67-61(64)52-46-40-34-28-22-16-14-19-25-31-37-43-49-57(5)6)54-66-60(63)51-45-39-33-27-21-15-13-18-24-30-36-42-48-56(3)4/h55-58H,7-54H2,1-6H3/t58-/m1/s1. The Morgan fingerprint density at radius 1 is 0.254 bits per heavy atom. The first-order chi connectivity index (χ1) is 32.6. The maximum Gasteiger partial charge on any atom is 0.306 e. The Kier molecular flexibility index (Phi) is 51.0. The Bertz CT molecular complexity index is 1040. The number of hydrogen-bond acceptors (Lipinski definition) is 6. The van der Waals surface area contributed by atoms with E-state index in [4.69, 9.17) is 14.2 Å². The maximum atomic E-state index is 12.9. The van der Waals surface area contributed by atoms with Crippen LogP contribution in [0.3, 0.4) is 0 Å². The van der Waals surface area contributed by atoms with E-state index >= 15 is 0 Å². The summed E-state index contributed by atoms with van der Waals surface area (Å²) in [6, 6.07) is 0. The molecule has 0 spiro atoms. The highest BCUT2D eigenvalue weighted by molar-refractivity contribution is 5.71. The van der Waals surface area contributed by atoms with Crippen LogP contribution < -0.4 is 0 Å². The lowest BCUT2D eigenvalue weighted by molar-refractivity contribution is -0.167. The second kappa shape index (κ2) is 52.2. The Morgan fingerprint density at radius 2 is 0.433 bits per heavy atom. The number of esters is 3.